The van der Waals surface area contributed by atoms with E-state index in [-0.39, 0.29) is 11.9 Å². The average Bonchev–Trinajstić information content (AvgIpc) is 2.68. The molecule has 1 fully saturated rings. The van der Waals surface area contributed by atoms with Crippen molar-refractivity contribution in [3.8, 4) is 5.75 Å². The minimum absolute atomic E-state index is 0.143. The largest absolute Gasteiger partial charge is 0.506 e. The Morgan fingerprint density at radius 3 is 2.31 bits per heavy atom. The van der Waals surface area contributed by atoms with Crippen LogP contribution in [0.3, 0.4) is 0 Å². The van der Waals surface area contributed by atoms with E-state index in [1.807, 2.05) is 62.5 Å². The minimum Gasteiger partial charge on any atom is -0.506 e. The summed E-state index contributed by atoms with van der Waals surface area (Å²) in [6.45, 7) is 5.83. The standard InChI is InChI=1S/C21H27N3O2/c1-17(21(26)22(2)16-18-8-4-3-5-9-18)23-12-14-24(15-13-23)19-10-6-7-11-20(19)25/h3-11,17,25H,12-16H2,1-2H3/t17-/m1/s1. The van der Waals surface area contributed by atoms with E-state index in [0.29, 0.717) is 12.3 Å². The lowest BCUT2D eigenvalue weighted by Crippen LogP contribution is -2.54. The van der Waals surface area contributed by atoms with Gasteiger partial charge in [-0.25, -0.2) is 0 Å². The monoisotopic (exact) mass is 353 g/mol. The van der Waals surface area contributed by atoms with Crippen molar-refractivity contribution in [2.24, 2.45) is 0 Å². The molecule has 1 atom stereocenters. The number of para-hydroxylation sites is 2. The number of anilines is 1. The second-order valence-corrected chi connectivity index (χ2v) is 6.87. The molecule has 0 saturated carbocycles. The molecule has 0 aliphatic carbocycles. The molecule has 2 aromatic carbocycles. The van der Waals surface area contributed by atoms with Crippen molar-refractivity contribution in [2.45, 2.75) is 19.5 Å². The quantitative estimate of drug-likeness (QED) is 0.897. The SMILES string of the molecule is C[C@H](C(=O)N(C)Cc1ccccc1)N1CCN(c2ccccc2O)CC1. The van der Waals surface area contributed by atoms with Crippen molar-refractivity contribution in [1.82, 2.24) is 9.80 Å². The summed E-state index contributed by atoms with van der Waals surface area (Å²) in [5.41, 5.74) is 2.01. The molecule has 0 aromatic heterocycles. The Balaban J connectivity index is 1.55. The number of carbonyl (C=O) groups is 1. The van der Waals surface area contributed by atoms with Gasteiger partial charge in [0.2, 0.25) is 5.91 Å². The molecule has 0 radical (unpaired) electrons. The van der Waals surface area contributed by atoms with Crippen molar-refractivity contribution in [2.75, 3.05) is 38.1 Å². The number of piperazine rings is 1. The van der Waals surface area contributed by atoms with Crippen LogP contribution in [0.25, 0.3) is 0 Å². The number of likely N-dealkylation sites (N-methyl/N-ethyl adjacent to an activating group) is 1. The third-order valence-corrected chi connectivity index (χ3v) is 5.08. The van der Waals surface area contributed by atoms with Crippen molar-refractivity contribution in [3.63, 3.8) is 0 Å². The molecule has 1 saturated heterocycles. The number of rotatable bonds is 5. The number of benzene rings is 2. The maximum absolute atomic E-state index is 12.8. The number of hydrogen-bond acceptors (Lipinski definition) is 4. The highest BCUT2D eigenvalue weighted by Gasteiger charge is 2.28. The molecule has 26 heavy (non-hydrogen) atoms. The van der Waals surface area contributed by atoms with Gasteiger partial charge in [0.15, 0.2) is 0 Å². The van der Waals surface area contributed by atoms with E-state index in [2.05, 4.69) is 9.80 Å². The van der Waals surface area contributed by atoms with Crippen LogP contribution in [-0.4, -0.2) is 60.1 Å². The number of phenols is 1. The summed E-state index contributed by atoms with van der Waals surface area (Å²) in [4.78, 5) is 19.0. The van der Waals surface area contributed by atoms with Crippen LogP contribution in [0.1, 0.15) is 12.5 Å². The molecule has 1 aliphatic heterocycles. The molecular weight excluding hydrogens is 326 g/mol. The third kappa shape index (κ3) is 4.17. The van der Waals surface area contributed by atoms with Crippen LogP contribution in [0.4, 0.5) is 5.69 Å². The molecule has 5 heteroatoms. The van der Waals surface area contributed by atoms with Crippen LogP contribution in [0.2, 0.25) is 0 Å². The van der Waals surface area contributed by atoms with Gasteiger partial charge in [0.1, 0.15) is 5.75 Å². The molecule has 1 N–H and O–H groups in total. The van der Waals surface area contributed by atoms with Gasteiger partial charge in [0.25, 0.3) is 0 Å². The number of amides is 1. The van der Waals surface area contributed by atoms with Gasteiger partial charge in [-0.3, -0.25) is 9.69 Å². The highest BCUT2D eigenvalue weighted by atomic mass is 16.3. The zero-order valence-electron chi connectivity index (χ0n) is 15.5. The Morgan fingerprint density at radius 1 is 1.04 bits per heavy atom. The third-order valence-electron chi connectivity index (χ3n) is 5.08. The smallest absolute Gasteiger partial charge is 0.239 e. The fourth-order valence-corrected chi connectivity index (χ4v) is 3.49. The van der Waals surface area contributed by atoms with E-state index in [4.69, 9.17) is 0 Å². The molecule has 0 spiro atoms. The molecular formula is C21H27N3O2. The zero-order chi connectivity index (χ0) is 18.5. The van der Waals surface area contributed by atoms with Crippen LogP contribution in [0.15, 0.2) is 54.6 Å². The summed E-state index contributed by atoms with van der Waals surface area (Å²) >= 11 is 0. The van der Waals surface area contributed by atoms with Crippen LogP contribution in [-0.2, 0) is 11.3 Å². The lowest BCUT2D eigenvalue weighted by atomic mass is 10.1. The summed E-state index contributed by atoms with van der Waals surface area (Å²) in [7, 11) is 1.87. The predicted molar refractivity (Wildman–Crippen MR) is 104 cm³/mol. The fourth-order valence-electron chi connectivity index (χ4n) is 3.49. The maximum atomic E-state index is 12.8. The Labute approximate surface area is 155 Å². The number of hydrogen-bond donors (Lipinski definition) is 1. The van der Waals surface area contributed by atoms with Crippen LogP contribution in [0.5, 0.6) is 5.75 Å². The minimum atomic E-state index is -0.143. The highest BCUT2D eigenvalue weighted by Crippen LogP contribution is 2.27. The zero-order valence-corrected chi connectivity index (χ0v) is 15.5. The number of carbonyl (C=O) groups excluding carboxylic acids is 1. The van der Waals surface area contributed by atoms with Crippen molar-refractivity contribution in [1.29, 1.82) is 0 Å². The molecule has 0 unspecified atom stereocenters. The van der Waals surface area contributed by atoms with Gasteiger partial charge in [-0.2, -0.15) is 0 Å². The van der Waals surface area contributed by atoms with Gasteiger partial charge < -0.3 is 14.9 Å². The molecule has 5 nitrogen and oxygen atoms in total. The van der Waals surface area contributed by atoms with E-state index < -0.39 is 0 Å². The maximum Gasteiger partial charge on any atom is 0.239 e. The Kier molecular flexibility index (Phi) is 5.78. The number of aromatic hydroxyl groups is 1. The molecule has 1 aliphatic rings. The van der Waals surface area contributed by atoms with Gasteiger partial charge in [-0.15, -0.1) is 0 Å². The molecule has 3 rings (SSSR count). The Morgan fingerprint density at radius 2 is 1.65 bits per heavy atom. The Bertz CT molecular complexity index is 727. The van der Waals surface area contributed by atoms with E-state index in [9.17, 15) is 9.90 Å². The van der Waals surface area contributed by atoms with Crippen LogP contribution in [0, 0.1) is 0 Å². The van der Waals surface area contributed by atoms with Crippen molar-refractivity contribution >= 4 is 11.6 Å². The van der Waals surface area contributed by atoms with Crippen molar-refractivity contribution < 1.29 is 9.90 Å². The number of phenolic OH excluding ortho intramolecular Hbond substituents is 1. The lowest BCUT2D eigenvalue weighted by Gasteiger charge is -2.39. The van der Waals surface area contributed by atoms with E-state index in [1.54, 1.807) is 11.0 Å². The van der Waals surface area contributed by atoms with Crippen molar-refractivity contribution in [3.05, 3.63) is 60.2 Å². The molecule has 1 heterocycles. The summed E-state index contributed by atoms with van der Waals surface area (Å²) in [5.74, 6) is 0.456. The van der Waals surface area contributed by atoms with Gasteiger partial charge in [0, 0.05) is 39.8 Å². The first kappa shape index (κ1) is 18.3. The second-order valence-electron chi connectivity index (χ2n) is 6.87. The fraction of sp³-hybridized carbons (Fsp3) is 0.381. The molecule has 2 aromatic rings. The Hall–Kier alpha value is -2.53. The highest BCUT2D eigenvalue weighted by molar-refractivity contribution is 5.81. The predicted octanol–water partition coefficient (Wildman–Crippen LogP) is 2.56. The topological polar surface area (TPSA) is 47.0 Å². The first-order valence-corrected chi connectivity index (χ1v) is 9.12. The summed E-state index contributed by atoms with van der Waals surface area (Å²) < 4.78 is 0. The van der Waals surface area contributed by atoms with Gasteiger partial charge in [0.05, 0.1) is 11.7 Å². The van der Waals surface area contributed by atoms with Crippen LogP contribution < -0.4 is 4.90 Å². The normalized spacial score (nSPS) is 16.3. The van der Waals surface area contributed by atoms with E-state index in [0.717, 1.165) is 37.4 Å². The van der Waals surface area contributed by atoms with Gasteiger partial charge in [-0.05, 0) is 24.6 Å². The van der Waals surface area contributed by atoms with Gasteiger partial charge in [-0.1, -0.05) is 42.5 Å². The first-order valence-electron chi connectivity index (χ1n) is 9.12. The van der Waals surface area contributed by atoms with Crippen LogP contribution >= 0.6 is 0 Å². The summed E-state index contributed by atoms with van der Waals surface area (Å²) in [6, 6.07) is 17.3. The molecule has 138 valence electrons. The van der Waals surface area contributed by atoms with Gasteiger partial charge >= 0.3 is 0 Å². The van der Waals surface area contributed by atoms with E-state index in [1.165, 1.54) is 0 Å². The second kappa shape index (κ2) is 8.23. The average molecular weight is 353 g/mol. The molecule has 0 bridgehead atoms. The number of nitrogens with zero attached hydrogens (tertiary/aromatic N) is 3. The summed E-state index contributed by atoms with van der Waals surface area (Å²) in [5, 5.41) is 10.0. The lowest BCUT2D eigenvalue weighted by molar-refractivity contribution is -0.135. The summed E-state index contributed by atoms with van der Waals surface area (Å²) in [6.07, 6.45) is 0. The molecule has 1 amide bonds. The van der Waals surface area contributed by atoms with E-state index >= 15 is 0 Å². The first-order chi connectivity index (χ1) is 12.6.